The van der Waals surface area contributed by atoms with Crippen LogP contribution < -0.4 is 11.1 Å². The molecule has 0 aromatic heterocycles. The molecule has 1 aromatic carbocycles. The predicted molar refractivity (Wildman–Crippen MR) is 55.3 cm³/mol. The molecular formula is C9H12N2O2S. The van der Waals surface area contributed by atoms with Crippen LogP contribution in [0, 0.1) is 0 Å². The van der Waals surface area contributed by atoms with Crippen LogP contribution >= 0.6 is 0 Å². The van der Waals surface area contributed by atoms with E-state index in [1.165, 1.54) is 6.26 Å². The number of nitrogens with two attached hydrogens (primary N) is 1. The van der Waals surface area contributed by atoms with Gasteiger partial charge in [-0.1, -0.05) is 6.07 Å². The van der Waals surface area contributed by atoms with Crippen LogP contribution in [0.25, 0.3) is 0 Å². The third kappa shape index (κ3) is 1.49. The Labute approximate surface area is 83.0 Å². The molecule has 0 amide bonds. The number of anilines is 1. The first-order valence-electron chi connectivity index (χ1n) is 4.29. The fourth-order valence-electron chi connectivity index (χ4n) is 1.73. The van der Waals surface area contributed by atoms with Gasteiger partial charge in [0.05, 0.1) is 0 Å². The third-order valence-electron chi connectivity index (χ3n) is 2.36. The lowest BCUT2D eigenvalue weighted by Gasteiger charge is -2.09. The first kappa shape index (κ1) is 9.48. The van der Waals surface area contributed by atoms with E-state index in [1.54, 1.807) is 12.1 Å². The number of sulfone groups is 1. The zero-order valence-corrected chi connectivity index (χ0v) is 8.64. The van der Waals surface area contributed by atoms with Crippen LogP contribution in [0.4, 0.5) is 5.69 Å². The van der Waals surface area contributed by atoms with Gasteiger partial charge in [0.1, 0.15) is 5.37 Å². The zero-order chi connectivity index (χ0) is 10.3. The Balaban J connectivity index is 2.51. The van der Waals surface area contributed by atoms with Crippen LogP contribution in [0.3, 0.4) is 0 Å². The lowest BCUT2D eigenvalue weighted by Crippen LogP contribution is -2.20. The van der Waals surface area contributed by atoms with Crippen LogP contribution in [0.1, 0.15) is 16.5 Å². The maximum atomic E-state index is 11.4. The molecule has 0 fully saturated rings. The highest BCUT2D eigenvalue weighted by Crippen LogP contribution is 2.30. The molecule has 4 nitrogen and oxygen atoms in total. The lowest BCUT2D eigenvalue weighted by atomic mass is 10.1. The summed E-state index contributed by atoms with van der Waals surface area (Å²) in [5.41, 5.74) is 8.07. The van der Waals surface area contributed by atoms with Crippen molar-refractivity contribution in [3.05, 3.63) is 29.3 Å². The minimum absolute atomic E-state index is 0.568. The van der Waals surface area contributed by atoms with Crippen LogP contribution in [0.2, 0.25) is 0 Å². The van der Waals surface area contributed by atoms with Gasteiger partial charge in [0, 0.05) is 18.5 Å². The maximum Gasteiger partial charge on any atom is 0.167 e. The number of rotatable bonds is 1. The van der Waals surface area contributed by atoms with Gasteiger partial charge in [0.25, 0.3) is 0 Å². The molecule has 5 heteroatoms. The molecule has 0 saturated heterocycles. The number of nitrogens with one attached hydrogen (secondary N) is 1. The van der Waals surface area contributed by atoms with Gasteiger partial charge in [0.2, 0.25) is 0 Å². The molecule has 0 bridgehead atoms. The molecule has 0 saturated carbocycles. The highest BCUT2D eigenvalue weighted by atomic mass is 32.2. The molecule has 0 radical (unpaired) electrons. The van der Waals surface area contributed by atoms with E-state index in [0.29, 0.717) is 12.2 Å². The van der Waals surface area contributed by atoms with Gasteiger partial charge in [0.15, 0.2) is 9.84 Å². The molecule has 0 aliphatic carbocycles. The Morgan fingerprint density at radius 3 is 2.86 bits per heavy atom. The van der Waals surface area contributed by atoms with Crippen molar-refractivity contribution in [1.82, 2.24) is 5.32 Å². The van der Waals surface area contributed by atoms with E-state index < -0.39 is 15.2 Å². The zero-order valence-electron chi connectivity index (χ0n) is 7.82. The van der Waals surface area contributed by atoms with Crippen molar-refractivity contribution in [2.24, 2.45) is 0 Å². The second-order valence-electron chi connectivity index (χ2n) is 3.55. The van der Waals surface area contributed by atoms with E-state index in [1.807, 2.05) is 6.07 Å². The standard InChI is InChI=1S/C9H12N2O2S/c1-14(12,13)9-8-3-2-7(10)4-6(8)5-11-9/h2-4,9,11H,5,10H2,1H3. The second-order valence-corrected chi connectivity index (χ2v) is 5.68. The summed E-state index contributed by atoms with van der Waals surface area (Å²) in [4.78, 5) is 0. The number of hydrogen-bond acceptors (Lipinski definition) is 4. The van der Waals surface area contributed by atoms with Crippen LogP contribution in [-0.2, 0) is 16.4 Å². The fourth-order valence-corrected chi connectivity index (χ4v) is 2.81. The summed E-state index contributed by atoms with van der Waals surface area (Å²) in [6.45, 7) is 0.568. The number of benzene rings is 1. The van der Waals surface area contributed by atoms with Gasteiger partial charge >= 0.3 is 0 Å². The average molecular weight is 212 g/mol. The van der Waals surface area contributed by atoms with Gasteiger partial charge in [-0.25, -0.2) is 8.42 Å². The topological polar surface area (TPSA) is 72.2 Å². The molecule has 1 aromatic rings. The number of hydrogen-bond donors (Lipinski definition) is 2. The average Bonchev–Trinajstić information content (AvgIpc) is 2.45. The molecule has 1 unspecified atom stereocenters. The molecular weight excluding hydrogens is 200 g/mol. The maximum absolute atomic E-state index is 11.4. The Morgan fingerprint density at radius 1 is 1.50 bits per heavy atom. The van der Waals surface area contributed by atoms with Crippen molar-refractivity contribution in [1.29, 1.82) is 0 Å². The minimum Gasteiger partial charge on any atom is -0.399 e. The van der Waals surface area contributed by atoms with Gasteiger partial charge in [-0.15, -0.1) is 0 Å². The van der Waals surface area contributed by atoms with Crippen molar-refractivity contribution in [2.45, 2.75) is 11.9 Å². The van der Waals surface area contributed by atoms with Gasteiger partial charge in [-0.05, 0) is 23.3 Å². The van der Waals surface area contributed by atoms with Gasteiger partial charge in [-0.3, -0.25) is 5.32 Å². The summed E-state index contributed by atoms with van der Waals surface area (Å²) >= 11 is 0. The van der Waals surface area contributed by atoms with E-state index in [-0.39, 0.29) is 0 Å². The lowest BCUT2D eigenvalue weighted by molar-refractivity contribution is 0.574. The summed E-state index contributed by atoms with van der Waals surface area (Å²) in [6.07, 6.45) is 1.23. The second kappa shape index (κ2) is 2.96. The highest BCUT2D eigenvalue weighted by molar-refractivity contribution is 7.90. The van der Waals surface area contributed by atoms with E-state index in [9.17, 15) is 8.42 Å². The van der Waals surface area contributed by atoms with E-state index in [4.69, 9.17) is 5.73 Å². The van der Waals surface area contributed by atoms with Crippen LogP contribution in [-0.4, -0.2) is 14.7 Å². The van der Waals surface area contributed by atoms with Crippen molar-refractivity contribution in [2.75, 3.05) is 12.0 Å². The summed E-state index contributed by atoms with van der Waals surface area (Å²) < 4.78 is 22.8. The van der Waals surface area contributed by atoms with Crippen molar-refractivity contribution < 1.29 is 8.42 Å². The Hall–Kier alpha value is -1.07. The van der Waals surface area contributed by atoms with Crippen molar-refractivity contribution in [3.8, 4) is 0 Å². The summed E-state index contributed by atoms with van der Waals surface area (Å²) in [5, 5.41) is 2.37. The van der Waals surface area contributed by atoms with E-state index in [2.05, 4.69) is 5.32 Å². The Bertz CT molecular complexity index is 468. The molecule has 76 valence electrons. The molecule has 0 spiro atoms. The first-order valence-corrected chi connectivity index (χ1v) is 6.24. The van der Waals surface area contributed by atoms with Gasteiger partial charge < -0.3 is 5.73 Å². The smallest absolute Gasteiger partial charge is 0.167 e. The highest BCUT2D eigenvalue weighted by Gasteiger charge is 2.29. The molecule has 1 aliphatic rings. The summed E-state index contributed by atoms with van der Waals surface area (Å²) in [6, 6.07) is 5.31. The van der Waals surface area contributed by atoms with E-state index >= 15 is 0 Å². The largest absolute Gasteiger partial charge is 0.399 e. The molecule has 14 heavy (non-hydrogen) atoms. The van der Waals surface area contributed by atoms with Crippen molar-refractivity contribution in [3.63, 3.8) is 0 Å². The molecule has 2 rings (SSSR count). The molecule has 3 N–H and O–H groups in total. The van der Waals surface area contributed by atoms with Gasteiger partial charge in [-0.2, -0.15) is 0 Å². The number of nitrogen functional groups attached to an aromatic ring is 1. The predicted octanol–water partition coefficient (Wildman–Crippen LogP) is 0.415. The quantitative estimate of drug-likeness (QED) is 0.662. The molecule has 1 aliphatic heterocycles. The monoisotopic (exact) mass is 212 g/mol. The normalized spacial score (nSPS) is 20.8. The number of fused-ring (bicyclic) bond motifs is 1. The van der Waals surface area contributed by atoms with Crippen LogP contribution in [0.15, 0.2) is 18.2 Å². The SMILES string of the molecule is CS(=O)(=O)C1NCc2cc(N)ccc21. The van der Waals surface area contributed by atoms with E-state index in [0.717, 1.165) is 11.1 Å². The molecule has 1 atom stereocenters. The van der Waals surface area contributed by atoms with Crippen LogP contribution in [0.5, 0.6) is 0 Å². The third-order valence-corrected chi connectivity index (χ3v) is 3.63. The first-order chi connectivity index (χ1) is 6.48. The summed E-state index contributed by atoms with van der Waals surface area (Å²) in [5.74, 6) is 0. The Kier molecular flexibility index (Phi) is 2.01. The molecule has 1 heterocycles. The fraction of sp³-hybridized carbons (Fsp3) is 0.333. The minimum atomic E-state index is -3.08. The Morgan fingerprint density at radius 2 is 2.21 bits per heavy atom. The van der Waals surface area contributed by atoms with Crippen molar-refractivity contribution >= 4 is 15.5 Å². The summed E-state index contributed by atoms with van der Waals surface area (Å²) in [7, 11) is -3.08.